The number of hydrogen-bond donors (Lipinski definition) is 2. The molecule has 0 aliphatic heterocycles. The average Bonchev–Trinajstić information content (AvgIpc) is 2.36. The predicted octanol–water partition coefficient (Wildman–Crippen LogP) is 2.25. The van der Waals surface area contributed by atoms with Gasteiger partial charge in [0.15, 0.2) is 0 Å². The molecule has 1 aromatic carbocycles. The van der Waals surface area contributed by atoms with Crippen molar-refractivity contribution in [1.82, 2.24) is 5.32 Å². The second kappa shape index (κ2) is 6.06. The van der Waals surface area contributed by atoms with Crippen molar-refractivity contribution < 1.29 is 9.53 Å². The van der Waals surface area contributed by atoms with Gasteiger partial charge < -0.3 is 15.8 Å². The maximum atomic E-state index is 12.1. The van der Waals surface area contributed by atoms with E-state index in [1.807, 2.05) is 52.0 Å². The number of rotatable bonds is 4. The number of amides is 1. The van der Waals surface area contributed by atoms with Crippen LogP contribution in [0.3, 0.4) is 0 Å². The first-order chi connectivity index (χ1) is 8.77. The van der Waals surface area contributed by atoms with Gasteiger partial charge in [-0.15, -0.1) is 0 Å². The van der Waals surface area contributed by atoms with E-state index in [1.165, 1.54) is 0 Å². The maximum Gasteiger partial charge on any atom is 0.237 e. The van der Waals surface area contributed by atoms with Crippen molar-refractivity contribution in [1.29, 1.82) is 0 Å². The van der Waals surface area contributed by atoms with Crippen molar-refractivity contribution in [3.05, 3.63) is 29.8 Å². The molecule has 0 bridgehead atoms. The van der Waals surface area contributed by atoms with Gasteiger partial charge in [0.25, 0.3) is 0 Å². The number of ether oxygens (including phenoxy) is 1. The Labute approximate surface area is 115 Å². The van der Waals surface area contributed by atoms with Crippen LogP contribution in [0.2, 0.25) is 0 Å². The first-order valence-electron chi connectivity index (χ1n) is 6.46. The van der Waals surface area contributed by atoms with Gasteiger partial charge in [-0.2, -0.15) is 0 Å². The highest BCUT2D eigenvalue weighted by Crippen LogP contribution is 2.25. The molecule has 0 aliphatic rings. The van der Waals surface area contributed by atoms with Crippen LogP contribution < -0.4 is 15.8 Å². The summed E-state index contributed by atoms with van der Waals surface area (Å²) in [6, 6.07) is 6.96. The summed E-state index contributed by atoms with van der Waals surface area (Å²) in [5.41, 5.74) is 6.63. The molecule has 1 amide bonds. The molecule has 1 aromatic rings. The van der Waals surface area contributed by atoms with Gasteiger partial charge >= 0.3 is 0 Å². The highest BCUT2D eigenvalue weighted by molar-refractivity contribution is 5.82. The molecule has 106 valence electrons. The lowest BCUT2D eigenvalue weighted by atomic mass is 9.86. The third-order valence-corrected chi connectivity index (χ3v) is 3.18. The minimum Gasteiger partial charge on any atom is -0.496 e. The van der Waals surface area contributed by atoms with Crippen molar-refractivity contribution in [3.8, 4) is 5.75 Å². The minimum atomic E-state index is -0.537. The zero-order chi connectivity index (χ0) is 14.6. The fourth-order valence-electron chi connectivity index (χ4n) is 1.80. The summed E-state index contributed by atoms with van der Waals surface area (Å²) in [5, 5.41) is 2.93. The van der Waals surface area contributed by atoms with Crippen LogP contribution in [0.1, 0.15) is 39.3 Å². The summed E-state index contributed by atoms with van der Waals surface area (Å²) < 4.78 is 5.29. The lowest BCUT2D eigenvalue weighted by molar-refractivity contribution is -0.125. The minimum absolute atomic E-state index is 0.142. The Morgan fingerprint density at radius 2 is 1.89 bits per heavy atom. The van der Waals surface area contributed by atoms with Crippen molar-refractivity contribution >= 4 is 5.91 Å². The zero-order valence-corrected chi connectivity index (χ0v) is 12.4. The Bertz CT molecular complexity index is 438. The number of carbonyl (C=O) groups excluding carboxylic acids is 1. The Balaban J connectivity index is 2.80. The van der Waals surface area contributed by atoms with Gasteiger partial charge in [0.2, 0.25) is 5.91 Å². The number of nitrogens with two attached hydrogens (primary N) is 1. The fraction of sp³-hybridized carbons (Fsp3) is 0.533. The van der Waals surface area contributed by atoms with Crippen LogP contribution in [0.15, 0.2) is 24.3 Å². The van der Waals surface area contributed by atoms with Crippen LogP contribution >= 0.6 is 0 Å². The molecule has 3 N–H and O–H groups in total. The van der Waals surface area contributed by atoms with E-state index in [9.17, 15) is 4.79 Å². The topological polar surface area (TPSA) is 64.3 Å². The Kier molecular flexibility index (Phi) is 4.95. The standard InChI is InChI=1S/C15H24N2O2/c1-10(11-8-6-7-9-12(11)19-5)17-14(18)13(16)15(2,3)4/h6-10,13H,16H2,1-5H3,(H,17,18)/t10?,13-/m1/s1. The molecule has 4 nitrogen and oxygen atoms in total. The van der Waals surface area contributed by atoms with Crippen LogP contribution in [0, 0.1) is 5.41 Å². The first kappa shape index (κ1) is 15.5. The molecule has 0 radical (unpaired) electrons. The third-order valence-electron chi connectivity index (χ3n) is 3.18. The average molecular weight is 264 g/mol. The molecule has 0 heterocycles. The first-order valence-corrected chi connectivity index (χ1v) is 6.46. The third kappa shape index (κ3) is 3.96. The molecular formula is C15H24N2O2. The molecular weight excluding hydrogens is 240 g/mol. The molecule has 2 atom stereocenters. The summed E-state index contributed by atoms with van der Waals surface area (Å²) >= 11 is 0. The van der Waals surface area contributed by atoms with E-state index in [4.69, 9.17) is 10.5 Å². The number of carbonyl (C=O) groups is 1. The number of hydrogen-bond acceptors (Lipinski definition) is 3. The smallest absolute Gasteiger partial charge is 0.237 e. The molecule has 19 heavy (non-hydrogen) atoms. The molecule has 4 heteroatoms. The van der Waals surface area contributed by atoms with E-state index in [2.05, 4.69) is 5.32 Å². The van der Waals surface area contributed by atoms with E-state index in [0.29, 0.717) is 0 Å². The van der Waals surface area contributed by atoms with Crippen LogP contribution in [-0.2, 0) is 4.79 Å². The van der Waals surface area contributed by atoms with Gasteiger partial charge in [0, 0.05) is 5.56 Å². The monoisotopic (exact) mass is 264 g/mol. The molecule has 1 rings (SSSR count). The van der Waals surface area contributed by atoms with Crippen LogP contribution in [0.4, 0.5) is 0 Å². The zero-order valence-electron chi connectivity index (χ0n) is 12.4. The summed E-state index contributed by atoms with van der Waals surface area (Å²) in [7, 11) is 1.62. The SMILES string of the molecule is COc1ccccc1C(C)NC(=O)[C@@H](N)C(C)(C)C. The summed E-state index contributed by atoms with van der Waals surface area (Å²) in [6.45, 7) is 7.77. The van der Waals surface area contributed by atoms with E-state index < -0.39 is 6.04 Å². The van der Waals surface area contributed by atoms with Crippen molar-refractivity contribution in [2.24, 2.45) is 11.1 Å². The Morgan fingerprint density at radius 1 is 1.32 bits per heavy atom. The van der Waals surface area contributed by atoms with Gasteiger partial charge in [-0.1, -0.05) is 39.0 Å². The van der Waals surface area contributed by atoms with E-state index in [-0.39, 0.29) is 17.4 Å². The molecule has 0 saturated carbocycles. The summed E-state index contributed by atoms with van der Waals surface area (Å²) in [5.74, 6) is 0.616. The molecule has 0 aromatic heterocycles. The lowest BCUT2D eigenvalue weighted by Crippen LogP contribution is -2.49. The molecule has 0 fully saturated rings. The summed E-state index contributed by atoms with van der Waals surface area (Å²) in [4.78, 5) is 12.1. The fourth-order valence-corrected chi connectivity index (χ4v) is 1.80. The quantitative estimate of drug-likeness (QED) is 0.876. The normalized spacial score (nSPS) is 14.6. The highest BCUT2D eigenvalue weighted by atomic mass is 16.5. The number of benzene rings is 1. The van der Waals surface area contributed by atoms with Gasteiger partial charge in [-0.3, -0.25) is 4.79 Å². The predicted molar refractivity (Wildman–Crippen MR) is 77.0 cm³/mol. The Morgan fingerprint density at radius 3 is 2.42 bits per heavy atom. The number of para-hydroxylation sites is 1. The van der Waals surface area contributed by atoms with Crippen molar-refractivity contribution in [2.45, 2.75) is 39.8 Å². The highest BCUT2D eigenvalue weighted by Gasteiger charge is 2.28. The van der Waals surface area contributed by atoms with Gasteiger partial charge in [0.05, 0.1) is 19.2 Å². The van der Waals surface area contributed by atoms with Gasteiger partial charge in [-0.25, -0.2) is 0 Å². The van der Waals surface area contributed by atoms with Crippen LogP contribution in [-0.4, -0.2) is 19.1 Å². The van der Waals surface area contributed by atoms with E-state index >= 15 is 0 Å². The molecule has 0 saturated heterocycles. The van der Waals surface area contributed by atoms with Gasteiger partial charge in [-0.05, 0) is 18.4 Å². The van der Waals surface area contributed by atoms with Crippen molar-refractivity contribution in [2.75, 3.05) is 7.11 Å². The molecule has 0 aliphatic carbocycles. The largest absolute Gasteiger partial charge is 0.496 e. The molecule has 1 unspecified atom stereocenters. The van der Waals surface area contributed by atoms with E-state index in [1.54, 1.807) is 7.11 Å². The Hall–Kier alpha value is -1.55. The van der Waals surface area contributed by atoms with Gasteiger partial charge in [0.1, 0.15) is 5.75 Å². The second-order valence-corrected chi connectivity index (χ2v) is 5.82. The summed E-state index contributed by atoms with van der Waals surface area (Å²) in [6.07, 6.45) is 0. The van der Waals surface area contributed by atoms with E-state index in [0.717, 1.165) is 11.3 Å². The van der Waals surface area contributed by atoms with Crippen LogP contribution in [0.25, 0.3) is 0 Å². The number of nitrogens with one attached hydrogen (secondary N) is 1. The van der Waals surface area contributed by atoms with Crippen molar-refractivity contribution in [3.63, 3.8) is 0 Å². The maximum absolute atomic E-state index is 12.1. The molecule has 0 spiro atoms. The number of methoxy groups -OCH3 is 1. The van der Waals surface area contributed by atoms with Crippen LogP contribution in [0.5, 0.6) is 5.75 Å². The lowest BCUT2D eigenvalue weighted by Gasteiger charge is -2.27. The second-order valence-electron chi connectivity index (χ2n) is 5.82.